The molecule has 2 rings (SSSR count). The average molecular weight is 305 g/mol. The highest BCUT2D eigenvalue weighted by atomic mass is 35.5. The van der Waals surface area contributed by atoms with Crippen LogP contribution >= 0.6 is 34.8 Å². The summed E-state index contributed by atoms with van der Waals surface area (Å²) in [5.41, 5.74) is 0.659. The SMILES string of the molecule is O=C(Cn1cnc(Cl)c1Cl)Nc1ccc(Cl)cc1. The van der Waals surface area contributed by atoms with Gasteiger partial charge in [0.15, 0.2) is 5.15 Å². The standard InChI is InChI=1S/C11H8Cl3N3O/c12-7-1-3-8(4-2-7)16-9(18)5-17-6-15-10(13)11(17)14/h1-4,6H,5H2,(H,16,18). The summed E-state index contributed by atoms with van der Waals surface area (Å²) in [6, 6.07) is 6.81. The molecule has 1 aromatic carbocycles. The molecule has 0 aliphatic carbocycles. The van der Waals surface area contributed by atoms with Crippen molar-refractivity contribution in [3.63, 3.8) is 0 Å². The Bertz CT molecular complexity index is 565. The molecule has 0 aliphatic heterocycles. The number of hydrogen-bond donors (Lipinski definition) is 1. The number of benzene rings is 1. The summed E-state index contributed by atoms with van der Waals surface area (Å²) < 4.78 is 1.45. The third-order valence-electron chi connectivity index (χ3n) is 2.17. The van der Waals surface area contributed by atoms with Gasteiger partial charge in [-0.1, -0.05) is 34.8 Å². The maximum Gasteiger partial charge on any atom is 0.244 e. The minimum atomic E-state index is -0.228. The molecule has 4 nitrogen and oxygen atoms in total. The van der Waals surface area contributed by atoms with Crippen LogP contribution in [0.15, 0.2) is 30.6 Å². The van der Waals surface area contributed by atoms with Crippen molar-refractivity contribution in [2.45, 2.75) is 6.54 Å². The number of nitrogens with one attached hydrogen (secondary N) is 1. The zero-order valence-corrected chi connectivity index (χ0v) is 11.3. The van der Waals surface area contributed by atoms with E-state index in [1.54, 1.807) is 24.3 Å². The lowest BCUT2D eigenvalue weighted by molar-refractivity contribution is -0.116. The number of aromatic nitrogens is 2. The molecule has 1 amide bonds. The van der Waals surface area contributed by atoms with E-state index >= 15 is 0 Å². The summed E-state index contributed by atoms with van der Waals surface area (Å²) in [7, 11) is 0. The summed E-state index contributed by atoms with van der Waals surface area (Å²) in [5.74, 6) is -0.228. The molecule has 0 fully saturated rings. The molecule has 1 aromatic heterocycles. The molecule has 94 valence electrons. The molecule has 2 aromatic rings. The first-order chi connectivity index (χ1) is 8.56. The number of anilines is 1. The third-order valence-corrected chi connectivity index (χ3v) is 3.20. The van der Waals surface area contributed by atoms with E-state index in [-0.39, 0.29) is 22.8 Å². The maximum absolute atomic E-state index is 11.7. The van der Waals surface area contributed by atoms with Crippen molar-refractivity contribution < 1.29 is 4.79 Å². The van der Waals surface area contributed by atoms with Crippen LogP contribution in [0.25, 0.3) is 0 Å². The number of imidazole rings is 1. The lowest BCUT2D eigenvalue weighted by atomic mass is 10.3. The van der Waals surface area contributed by atoms with E-state index in [0.717, 1.165) is 0 Å². The summed E-state index contributed by atoms with van der Waals surface area (Å²) in [6.07, 6.45) is 1.41. The Hall–Kier alpha value is -1.23. The van der Waals surface area contributed by atoms with Gasteiger partial charge in [0.25, 0.3) is 0 Å². The van der Waals surface area contributed by atoms with Gasteiger partial charge < -0.3 is 9.88 Å². The van der Waals surface area contributed by atoms with Gasteiger partial charge in [0.2, 0.25) is 5.91 Å². The van der Waals surface area contributed by atoms with Crippen LogP contribution < -0.4 is 5.32 Å². The van der Waals surface area contributed by atoms with Crippen LogP contribution in [0.4, 0.5) is 5.69 Å². The van der Waals surface area contributed by atoms with Gasteiger partial charge in [0.1, 0.15) is 11.7 Å². The Labute approximate surface area is 118 Å². The van der Waals surface area contributed by atoms with Crippen molar-refractivity contribution in [1.29, 1.82) is 0 Å². The van der Waals surface area contributed by atoms with E-state index in [1.807, 2.05) is 0 Å². The van der Waals surface area contributed by atoms with E-state index in [1.165, 1.54) is 10.9 Å². The topological polar surface area (TPSA) is 46.9 Å². The van der Waals surface area contributed by atoms with Crippen molar-refractivity contribution in [2.24, 2.45) is 0 Å². The molecule has 0 bridgehead atoms. The number of hydrogen-bond acceptors (Lipinski definition) is 2. The number of carbonyl (C=O) groups is 1. The molecule has 0 saturated carbocycles. The predicted octanol–water partition coefficient (Wildman–Crippen LogP) is 3.48. The van der Waals surface area contributed by atoms with Crippen LogP contribution in [-0.2, 0) is 11.3 Å². The molecule has 0 unspecified atom stereocenters. The predicted molar refractivity (Wildman–Crippen MR) is 72.3 cm³/mol. The van der Waals surface area contributed by atoms with Gasteiger partial charge in [0.05, 0.1) is 6.33 Å². The van der Waals surface area contributed by atoms with Gasteiger partial charge in [-0.2, -0.15) is 0 Å². The van der Waals surface area contributed by atoms with Crippen LogP contribution in [0.3, 0.4) is 0 Å². The van der Waals surface area contributed by atoms with Crippen molar-refractivity contribution in [1.82, 2.24) is 9.55 Å². The first kappa shape index (κ1) is 13.2. The van der Waals surface area contributed by atoms with Gasteiger partial charge in [-0.25, -0.2) is 4.98 Å². The molecule has 7 heteroatoms. The highest BCUT2D eigenvalue weighted by Gasteiger charge is 2.10. The average Bonchev–Trinajstić information content (AvgIpc) is 2.64. The Morgan fingerprint density at radius 3 is 2.44 bits per heavy atom. The fourth-order valence-corrected chi connectivity index (χ4v) is 1.77. The number of rotatable bonds is 3. The van der Waals surface area contributed by atoms with Crippen molar-refractivity contribution in [3.05, 3.63) is 45.9 Å². The van der Waals surface area contributed by atoms with Crippen LogP contribution in [-0.4, -0.2) is 15.5 Å². The van der Waals surface area contributed by atoms with Crippen LogP contribution in [0, 0.1) is 0 Å². The molecule has 1 N–H and O–H groups in total. The van der Waals surface area contributed by atoms with Gasteiger partial charge in [0, 0.05) is 10.7 Å². The van der Waals surface area contributed by atoms with Crippen LogP contribution in [0.5, 0.6) is 0 Å². The van der Waals surface area contributed by atoms with Crippen molar-refractivity contribution >= 4 is 46.4 Å². The first-order valence-electron chi connectivity index (χ1n) is 4.98. The van der Waals surface area contributed by atoms with E-state index in [4.69, 9.17) is 34.8 Å². The number of amides is 1. The summed E-state index contributed by atoms with van der Waals surface area (Å²) in [6.45, 7) is 0.0428. The largest absolute Gasteiger partial charge is 0.325 e. The van der Waals surface area contributed by atoms with Crippen molar-refractivity contribution in [3.8, 4) is 0 Å². The summed E-state index contributed by atoms with van der Waals surface area (Å²) in [5, 5.41) is 3.73. The number of halogens is 3. The fourth-order valence-electron chi connectivity index (χ4n) is 1.34. The molecule has 0 saturated heterocycles. The van der Waals surface area contributed by atoms with E-state index < -0.39 is 0 Å². The lowest BCUT2D eigenvalue weighted by Gasteiger charge is -2.06. The lowest BCUT2D eigenvalue weighted by Crippen LogP contribution is -2.18. The third kappa shape index (κ3) is 3.16. The van der Waals surface area contributed by atoms with Crippen LogP contribution in [0.1, 0.15) is 0 Å². The first-order valence-corrected chi connectivity index (χ1v) is 6.11. The normalized spacial score (nSPS) is 10.4. The van der Waals surface area contributed by atoms with E-state index in [2.05, 4.69) is 10.3 Å². The molecule has 0 radical (unpaired) electrons. The van der Waals surface area contributed by atoms with E-state index in [9.17, 15) is 4.79 Å². The molecular weight excluding hydrogens is 297 g/mol. The molecular formula is C11H8Cl3N3O. The second kappa shape index (κ2) is 5.61. The molecule has 0 spiro atoms. The van der Waals surface area contributed by atoms with Gasteiger partial charge in [-0.3, -0.25) is 4.79 Å². The number of nitrogens with zero attached hydrogens (tertiary/aromatic N) is 2. The smallest absolute Gasteiger partial charge is 0.244 e. The molecule has 18 heavy (non-hydrogen) atoms. The summed E-state index contributed by atoms with van der Waals surface area (Å²) in [4.78, 5) is 15.5. The van der Waals surface area contributed by atoms with Gasteiger partial charge in [-0.05, 0) is 24.3 Å². The quantitative estimate of drug-likeness (QED) is 0.943. The monoisotopic (exact) mass is 303 g/mol. The van der Waals surface area contributed by atoms with Crippen LogP contribution in [0.2, 0.25) is 15.3 Å². The minimum absolute atomic E-state index is 0.0428. The highest BCUT2D eigenvalue weighted by molar-refractivity contribution is 6.40. The zero-order valence-electron chi connectivity index (χ0n) is 9.03. The number of carbonyl (C=O) groups excluding carboxylic acids is 1. The highest BCUT2D eigenvalue weighted by Crippen LogP contribution is 2.19. The molecule has 0 atom stereocenters. The molecule has 1 heterocycles. The second-order valence-corrected chi connectivity index (χ2v) is 4.66. The minimum Gasteiger partial charge on any atom is -0.325 e. The van der Waals surface area contributed by atoms with Gasteiger partial charge >= 0.3 is 0 Å². The Balaban J connectivity index is 2.01. The fraction of sp³-hybridized carbons (Fsp3) is 0.0909. The molecule has 0 aliphatic rings. The van der Waals surface area contributed by atoms with Gasteiger partial charge in [-0.15, -0.1) is 0 Å². The Morgan fingerprint density at radius 1 is 1.22 bits per heavy atom. The Morgan fingerprint density at radius 2 is 1.89 bits per heavy atom. The van der Waals surface area contributed by atoms with E-state index in [0.29, 0.717) is 10.7 Å². The second-order valence-electron chi connectivity index (χ2n) is 3.51. The van der Waals surface area contributed by atoms with Crippen molar-refractivity contribution in [2.75, 3.05) is 5.32 Å². The summed E-state index contributed by atoms with van der Waals surface area (Å²) >= 11 is 17.3. The maximum atomic E-state index is 11.7. The Kier molecular flexibility index (Phi) is 4.11. The zero-order chi connectivity index (χ0) is 13.1.